The van der Waals surface area contributed by atoms with Crippen molar-refractivity contribution < 1.29 is 18.0 Å². The molecule has 0 radical (unpaired) electrons. The van der Waals surface area contributed by atoms with Crippen molar-refractivity contribution in [2.75, 3.05) is 0 Å². The van der Waals surface area contributed by atoms with E-state index < -0.39 is 12.0 Å². The molecule has 0 aromatic heterocycles. The van der Waals surface area contributed by atoms with Crippen molar-refractivity contribution in [2.45, 2.75) is 32.4 Å². The third-order valence-corrected chi connectivity index (χ3v) is 2.53. The van der Waals surface area contributed by atoms with Crippen LogP contribution in [0.5, 0.6) is 0 Å². The summed E-state index contributed by atoms with van der Waals surface area (Å²) in [5, 5.41) is 0. The van der Waals surface area contributed by atoms with Crippen molar-refractivity contribution in [3.05, 3.63) is 23.8 Å². The van der Waals surface area contributed by atoms with E-state index in [1.165, 1.54) is 12.2 Å². The lowest BCUT2D eigenvalue weighted by Gasteiger charge is -2.07. The van der Waals surface area contributed by atoms with E-state index in [1.54, 1.807) is 6.08 Å². The van der Waals surface area contributed by atoms with E-state index >= 15 is 0 Å². The summed E-state index contributed by atoms with van der Waals surface area (Å²) >= 11 is 0. The quantitative estimate of drug-likeness (QED) is 0.694. The maximum absolute atomic E-state index is 12.1. The maximum atomic E-state index is 12.1. The second-order valence-electron chi connectivity index (χ2n) is 3.63. The first-order valence-electron chi connectivity index (χ1n) is 4.93. The molecule has 0 aromatic carbocycles. The zero-order valence-corrected chi connectivity index (χ0v) is 8.47. The predicted molar refractivity (Wildman–Crippen MR) is 51.3 cm³/mol. The van der Waals surface area contributed by atoms with Crippen LogP contribution in [0, 0.1) is 5.92 Å². The Morgan fingerprint density at radius 3 is 2.67 bits per heavy atom. The van der Waals surface area contributed by atoms with Gasteiger partial charge in [-0.15, -0.1) is 0 Å². The SMILES string of the molecule is CCC1CC=CC(C(=O)C(F)(F)F)=CC1. The molecule has 1 aliphatic rings. The number of alkyl halides is 3. The second-order valence-corrected chi connectivity index (χ2v) is 3.63. The van der Waals surface area contributed by atoms with Crippen molar-refractivity contribution in [3.8, 4) is 0 Å². The van der Waals surface area contributed by atoms with Gasteiger partial charge in [0.25, 0.3) is 5.78 Å². The van der Waals surface area contributed by atoms with E-state index in [-0.39, 0.29) is 5.57 Å². The molecule has 0 aromatic rings. The maximum Gasteiger partial charge on any atom is 0.454 e. The first-order valence-corrected chi connectivity index (χ1v) is 4.93. The Bertz CT molecular complexity index is 299. The van der Waals surface area contributed by atoms with Crippen LogP contribution in [-0.4, -0.2) is 12.0 Å². The molecule has 0 spiro atoms. The third-order valence-electron chi connectivity index (χ3n) is 2.53. The molecule has 4 heteroatoms. The van der Waals surface area contributed by atoms with Crippen LogP contribution in [0.4, 0.5) is 13.2 Å². The fourth-order valence-corrected chi connectivity index (χ4v) is 1.51. The van der Waals surface area contributed by atoms with Gasteiger partial charge in [0.1, 0.15) is 0 Å². The van der Waals surface area contributed by atoms with Crippen molar-refractivity contribution in [1.82, 2.24) is 0 Å². The summed E-state index contributed by atoms with van der Waals surface area (Å²) in [6.07, 6.45) is 1.76. The second kappa shape index (κ2) is 4.64. The van der Waals surface area contributed by atoms with Gasteiger partial charge in [-0.3, -0.25) is 4.79 Å². The summed E-state index contributed by atoms with van der Waals surface area (Å²) in [6, 6.07) is 0. The van der Waals surface area contributed by atoms with Crippen LogP contribution in [0.2, 0.25) is 0 Å². The van der Waals surface area contributed by atoms with Gasteiger partial charge in [0, 0.05) is 5.57 Å². The normalized spacial score (nSPS) is 22.1. The minimum Gasteiger partial charge on any atom is -0.284 e. The Labute approximate surface area is 86.7 Å². The average Bonchev–Trinajstić information content (AvgIpc) is 2.39. The molecule has 0 saturated heterocycles. The highest BCUT2D eigenvalue weighted by molar-refractivity contribution is 6.01. The molecular formula is C11H13F3O. The van der Waals surface area contributed by atoms with E-state index in [4.69, 9.17) is 0 Å². The molecule has 1 aliphatic carbocycles. The number of hydrogen-bond acceptors (Lipinski definition) is 1. The van der Waals surface area contributed by atoms with E-state index in [0.29, 0.717) is 12.3 Å². The third kappa shape index (κ3) is 3.22. The minimum atomic E-state index is -4.76. The van der Waals surface area contributed by atoms with Gasteiger partial charge >= 0.3 is 6.18 Å². The number of hydrogen-bond donors (Lipinski definition) is 0. The number of carbonyl (C=O) groups is 1. The van der Waals surface area contributed by atoms with Gasteiger partial charge in [0.05, 0.1) is 0 Å². The van der Waals surface area contributed by atoms with E-state index in [2.05, 4.69) is 0 Å². The monoisotopic (exact) mass is 218 g/mol. The van der Waals surface area contributed by atoms with Crippen LogP contribution >= 0.6 is 0 Å². The largest absolute Gasteiger partial charge is 0.454 e. The van der Waals surface area contributed by atoms with Crippen LogP contribution in [0.1, 0.15) is 26.2 Å². The predicted octanol–water partition coefficient (Wildman–Crippen LogP) is 3.42. The molecule has 0 N–H and O–H groups in total. The lowest BCUT2D eigenvalue weighted by atomic mass is 9.99. The van der Waals surface area contributed by atoms with Crippen molar-refractivity contribution >= 4 is 5.78 Å². The molecule has 0 saturated carbocycles. The fraction of sp³-hybridized carbons (Fsp3) is 0.545. The molecule has 1 nitrogen and oxygen atoms in total. The summed E-state index contributed by atoms with van der Waals surface area (Å²) in [4.78, 5) is 10.9. The van der Waals surface area contributed by atoms with Gasteiger partial charge in [0.2, 0.25) is 0 Å². The first-order chi connectivity index (χ1) is 6.95. The van der Waals surface area contributed by atoms with Crippen molar-refractivity contribution in [3.63, 3.8) is 0 Å². The molecule has 1 rings (SSSR count). The summed E-state index contributed by atoms with van der Waals surface area (Å²) in [5.41, 5.74) is -0.224. The average molecular weight is 218 g/mol. The Morgan fingerprint density at radius 1 is 1.47 bits per heavy atom. The van der Waals surface area contributed by atoms with Gasteiger partial charge < -0.3 is 0 Å². The molecule has 0 aliphatic heterocycles. The van der Waals surface area contributed by atoms with E-state index in [9.17, 15) is 18.0 Å². The first kappa shape index (κ1) is 12.0. The summed E-state index contributed by atoms with van der Waals surface area (Å²) in [6.45, 7) is 1.99. The van der Waals surface area contributed by atoms with Crippen molar-refractivity contribution in [2.24, 2.45) is 5.92 Å². The van der Waals surface area contributed by atoms with Gasteiger partial charge in [-0.1, -0.05) is 31.6 Å². The number of Topliss-reactive ketones (excluding diaryl/α,β-unsaturated/α-hetero) is 1. The lowest BCUT2D eigenvalue weighted by Crippen LogP contribution is -2.23. The molecule has 0 fully saturated rings. The molecule has 0 heterocycles. The number of allylic oxidation sites excluding steroid dienone is 4. The number of carbonyl (C=O) groups excluding carboxylic acids is 1. The van der Waals surface area contributed by atoms with Crippen LogP contribution in [-0.2, 0) is 4.79 Å². The number of rotatable bonds is 2. The summed E-state index contributed by atoms with van der Waals surface area (Å²) < 4.78 is 36.4. The smallest absolute Gasteiger partial charge is 0.284 e. The Morgan fingerprint density at radius 2 is 2.13 bits per heavy atom. The van der Waals surface area contributed by atoms with Crippen LogP contribution in [0.3, 0.4) is 0 Å². The number of ketones is 1. The molecule has 84 valence electrons. The highest BCUT2D eigenvalue weighted by Gasteiger charge is 2.39. The standard InChI is InChI=1S/C11H13F3O/c1-2-8-4-3-5-9(7-6-8)10(15)11(12,13)14/h3,5,7-8H,2,4,6H2,1H3. The highest BCUT2D eigenvalue weighted by Crippen LogP contribution is 2.25. The van der Waals surface area contributed by atoms with Gasteiger partial charge in [-0.25, -0.2) is 0 Å². The molecular weight excluding hydrogens is 205 g/mol. The Kier molecular flexibility index (Phi) is 3.72. The van der Waals surface area contributed by atoms with Gasteiger partial charge in [0.15, 0.2) is 0 Å². The summed E-state index contributed by atoms with van der Waals surface area (Å²) in [7, 11) is 0. The summed E-state index contributed by atoms with van der Waals surface area (Å²) in [5.74, 6) is -1.39. The van der Waals surface area contributed by atoms with E-state index in [1.807, 2.05) is 6.92 Å². The van der Waals surface area contributed by atoms with Crippen LogP contribution in [0.15, 0.2) is 23.8 Å². The fourth-order valence-electron chi connectivity index (χ4n) is 1.51. The Hall–Kier alpha value is -1.06. The van der Waals surface area contributed by atoms with Crippen molar-refractivity contribution in [1.29, 1.82) is 0 Å². The molecule has 1 unspecified atom stereocenters. The molecule has 0 bridgehead atoms. The van der Waals surface area contributed by atoms with Crippen LogP contribution < -0.4 is 0 Å². The van der Waals surface area contributed by atoms with E-state index in [0.717, 1.165) is 12.8 Å². The number of halogens is 3. The zero-order valence-electron chi connectivity index (χ0n) is 8.47. The lowest BCUT2D eigenvalue weighted by molar-refractivity contribution is -0.166. The minimum absolute atomic E-state index is 0.224. The Balaban J connectivity index is 2.79. The topological polar surface area (TPSA) is 17.1 Å². The molecule has 1 atom stereocenters. The van der Waals surface area contributed by atoms with Gasteiger partial charge in [-0.05, 0) is 18.8 Å². The molecule has 0 amide bonds. The highest BCUT2D eigenvalue weighted by atomic mass is 19.4. The van der Waals surface area contributed by atoms with Gasteiger partial charge in [-0.2, -0.15) is 13.2 Å². The molecule has 15 heavy (non-hydrogen) atoms. The zero-order chi connectivity index (χ0) is 11.5. The van der Waals surface area contributed by atoms with Crippen LogP contribution in [0.25, 0.3) is 0 Å².